The van der Waals surface area contributed by atoms with Gasteiger partial charge in [0.05, 0.1) is 5.88 Å². The van der Waals surface area contributed by atoms with Crippen LogP contribution in [0.5, 0.6) is 0 Å². The topological polar surface area (TPSA) is 83.0 Å². The number of amides is 2. The number of benzene rings is 2. The lowest BCUT2D eigenvalue weighted by Gasteiger charge is -2.44. The van der Waals surface area contributed by atoms with E-state index in [0.717, 1.165) is 42.1 Å². The van der Waals surface area contributed by atoms with Crippen LogP contribution < -0.4 is 5.32 Å². The van der Waals surface area contributed by atoms with Crippen LogP contribution in [0.3, 0.4) is 0 Å². The minimum Gasteiger partial charge on any atom is -0.361 e. The first-order valence-electron chi connectivity index (χ1n) is 13.2. The van der Waals surface area contributed by atoms with E-state index in [9.17, 15) is 9.59 Å². The number of aromatic amines is 1. The summed E-state index contributed by atoms with van der Waals surface area (Å²) in [7, 11) is 0. The van der Waals surface area contributed by atoms with E-state index in [2.05, 4.69) is 22.2 Å². The van der Waals surface area contributed by atoms with Gasteiger partial charge in [0.1, 0.15) is 11.9 Å². The molecule has 0 aliphatic heterocycles. The maximum atomic E-state index is 14.0. The molecule has 1 aliphatic carbocycles. The highest BCUT2D eigenvalue weighted by Gasteiger charge is 2.47. The van der Waals surface area contributed by atoms with Crippen molar-refractivity contribution in [3.63, 3.8) is 0 Å². The van der Waals surface area contributed by atoms with E-state index in [1.807, 2.05) is 71.0 Å². The Hall–Kier alpha value is -3.78. The average molecular weight is 528 g/mol. The third kappa shape index (κ3) is 5.41. The maximum Gasteiger partial charge on any atom is 0.255 e. The van der Waals surface area contributed by atoms with E-state index in [-0.39, 0.29) is 11.8 Å². The number of rotatable bonds is 9. The molecule has 0 bridgehead atoms. The fraction of sp³-hybridized carbons (Fsp3) is 0.300. The third-order valence-corrected chi connectivity index (χ3v) is 8.28. The van der Waals surface area contributed by atoms with E-state index in [1.165, 1.54) is 17.5 Å². The first-order valence-corrected chi connectivity index (χ1v) is 14.1. The molecule has 2 heterocycles. The molecule has 1 fully saturated rings. The van der Waals surface area contributed by atoms with Crippen LogP contribution in [0.25, 0.3) is 17.0 Å². The molecular weight excluding hydrogens is 494 g/mol. The number of nitrogens with one attached hydrogen (secondary N) is 2. The molecule has 2 N–H and O–H groups in total. The van der Waals surface area contributed by atoms with Crippen molar-refractivity contribution >= 4 is 40.7 Å². The van der Waals surface area contributed by atoms with Crippen molar-refractivity contribution in [1.82, 2.24) is 24.2 Å². The Morgan fingerprint density at radius 3 is 2.66 bits per heavy atom. The lowest BCUT2D eigenvalue weighted by molar-refractivity contribution is -0.132. The van der Waals surface area contributed by atoms with Gasteiger partial charge in [0, 0.05) is 46.8 Å². The number of hydrogen-bond donors (Lipinski definition) is 2. The molecule has 2 aromatic heterocycles. The van der Waals surface area contributed by atoms with E-state index in [0.29, 0.717) is 24.3 Å². The van der Waals surface area contributed by atoms with Crippen LogP contribution in [-0.4, -0.2) is 42.1 Å². The van der Waals surface area contributed by atoms with Gasteiger partial charge in [-0.15, -0.1) is 0 Å². The van der Waals surface area contributed by atoms with E-state index in [4.69, 9.17) is 0 Å². The van der Waals surface area contributed by atoms with Crippen LogP contribution in [0, 0.1) is 0 Å². The van der Waals surface area contributed by atoms with Crippen molar-refractivity contribution in [2.75, 3.05) is 5.88 Å². The van der Waals surface area contributed by atoms with Gasteiger partial charge in [-0.2, -0.15) is 0 Å². The fourth-order valence-corrected chi connectivity index (χ4v) is 6.07. The van der Waals surface area contributed by atoms with Crippen LogP contribution in [0.4, 0.5) is 0 Å². The number of carbonyl (C=O) groups excluding carboxylic acids is 2. The summed E-state index contributed by atoms with van der Waals surface area (Å²) in [6.07, 6.45) is 15.8. The van der Waals surface area contributed by atoms with Gasteiger partial charge in [0.15, 0.2) is 0 Å². The first kappa shape index (κ1) is 25.9. The van der Waals surface area contributed by atoms with Crippen LogP contribution in [0.1, 0.15) is 60.5 Å². The Morgan fingerprint density at radius 1 is 1.13 bits per heavy atom. The molecule has 2 amide bonds. The van der Waals surface area contributed by atoms with Gasteiger partial charge in [0.2, 0.25) is 5.91 Å². The van der Waals surface area contributed by atoms with Crippen LogP contribution >= 0.6 is 11.9 Å². The Morgan fingerprint density at radius 2 is 1.92 bits per heavy atom. The number of H-pyrrole nitrogens is 1. The number of nitrogens with zero attached hydrogens (tertiary/aromatic N) is 3. The highest BCUT2D eigenvalue weighted by atomic mass is 32.2. The zero-order chi connectivity index (χ0) is 26.4. The molecule has 0 unspecified atom stereocenters. The Kier molecular flexibility index (Phi) is 7.98. The molecule has 1 aliphatic rings. The molecule has 5 rings (SSSR count). The molecule has 8 heteroatoms. The average Bonchev–Trinajstić information content (AvgIpc) is 3.64. The molecule has 7 nitrogen and oxygen atoms in total. The number of aryl methyl sites for hydroxylation is 1. The van der Waals surface area contributed by atoms with Crippen LogP contribution in [0.2, 0.25) is 0 Å². The molecule has 0 atom stereocenters. The zero-order valence-electron chi connectivity index (χ0n) is 21.6. The SMILES string of the molecule is CCc1ccc(C(=O)N(CSn2ccnc2)C2(C(=O)N/C=C\c3c[nH]c4ccccc34)CCCCC2)cc1. The summed E-state index contributed by atoms with van der Waals surface area (Å²) in [4.78, 5) is 37.1. The van der Waals surface area contributed by atoms with Gasteiger partial charge < -0.3 is 15.2 Å². The van der Waals surface area contributed by atoms with Gasteiger partial charge in [-0.3, -0.25) is 13.6 Å². The third-order valence-electron chi connectivity index (χ3n) is 7.39. The molecule has 196 valence electrons. The normalized spacial score (nSPS) is 15.1. The van der Waals surface area contributed by atoms with Crippen molar-refractivity contribution in [2.24, 2.45) is 0 Å². The van der Waals surface area contributed by atoms with Gasteiger partial charge in [0.25, 0.3) is 5.91 Å². The van der Waals surface area contributed by atoms with Crippen molar-refractivity contribution in [1.29, 1.82) is 0 Å². The minimum absolute atomic E-state index is 0.127. The molecule has 1 saturated carbocycles. The van der Waals surface area contributed by atoms with E-state index >= 15 is 0 Å². The monoisotopic (exact) mass is 527 g/mol. The highest BCUT2D eigenvalue weighted by Crippen LogP contribution is 2.36. The molecular formula is C30H33N5O2S. The summed E-state index contributed by atoms with van der Waals surface area (Å²) in [5, 5.41) is 4.13. The molecule has 0 saturated heterocycles. The van der Waals surface area contributed by atoms with Gasteiger partial charge in [-0.05, 0) is 61.0 Å². The smallest absolute Gasteiger partial charge is 0.255 e. The quantitative estimate of drug-likeness (QED) is 0.261. The Bertz CT molecular complexity index is 1400. The fourth-order valence-electron chi connectivity index (χ4n) is 5.19. The summed E-state index contributed by atoms with van der Waals surface area (Å²) in [5.41, 5.74) is 2.88. The van der Waals surface area contributed by atoms with Gasteiger partial charge >= 0.3 is 0 Å². The van der Waals surface area contributed by atoms with Gasteiger partial charge in [-0.1, -0.05) is 56.5 Å². The molecule has 4 aromatic rings. The summed E-state index contributed by atoms with van der Waals surface area (Å²) in [5.74, 6) is 0.0700. The standard InChI is InChI=1S/C30H33N5O2S/c1-2-23-10-12-24(13-11-23)28(36)35(22-38-34-19-18-31-21-34)30(15-6-3-7-16-30)29(37)32-17-14-25-20-33-27-9-5-4-8-26(25)27/h4-5,8-14,17-21,33H,2-3,6-7,15-16,22H2,1H3,(H,32,37)/b17-14-. The van der Waals surface area contributed by atoms with E-state index in [1.54, 1.807) is 23.6 Å². The maximum absolute atomic E-state index is 14.0. The predicted molar refractivity (Wildman–Crippen MR) is 153 cm³/mol. The van der Waals surface area contributed by atoms with Crippen LogP contribution in [0.15, 0.2) is 79.6 Å². The highest BCUT2D eigenvalue weighted by molar-refractivity contribution is 7.97. The number of fused-ring (bicyclic) bond motifs is 1. The van der Waals surface area contributed by atoms with Crippen LogP contribution in [-0.2, 0) is 11.2 Å². The summed E-state index contributed by atoms with van der Waals surface area (Å²) in [6.45, 7) is 2.09. The number of hydrogen-bond acceptors (Lipinski definition) is 4. The summed E-state index contributed by atoms with van der Waals surface area (Å²) >= 11 is 1.46. The largest absolute Gasteiger partial charge is 0.361 e. The molecule has 0 radical (unpaired) electrons. The minimum atomic E-state index is -0.934. The van der Waals surface area contributed by atoms with Crippen molar-refractivity contribution in [2.45, 2.75) is 51.0 Å². The number of aromatic nitrogens is 3. The second kappa shape index (κ2) is 11.7. The lowest BCUT2D eigenvalue weighted by atomic mass is 9.79. The second-order valence-electron chi connectivity index (χ2n) is 9.65. The Balaban J connectivity index is 1.43. The molecule has 38 heavy (non-hydrogen) atoms. The van der Waals surface area contributed by atoms with Crippen molar-refractivity contribution in [3.8, 4) is 0 Å². The second-order valence-corrected chi connectivity index (χ2v) is 10.6. The predicted octanol–water partition coefficient (Wildman–Crippen LogP) is 6.01. The first-order chi connectivity index (χ1) is 18.6. The van der Waals surface area contributed by atoms with E-state index < -0.39 is 5.54 Å². The van der Waals surface area contributed by atoms with Gasteiger partial charge in [-0.25, -0.2) is 4.98 Å². The summed E-state index contributed by atoms with van der Waals surface area (Å²) in [6, 6.07) is 15.8. The summed E-state index contributed by atoms with van der Waals surface area (Å²) < 4.78 is 1.87. The number of para-hydroxylation sites is 1. The number of imidazole rings is 1. The lowest BCUT2D eigenvalue weighted by Crippen LogP contribution is -2.61. The van der Waals surface area contributed by atoms with Crippen molar-refractivity contribution < 1.29 is 9.59 Å². The van der Waals surface area contributed by atoms with Crippen molar-refractivity contribution in [3.05, 3.63) is 96.3 Å². The Labute approximate surface area is 227 Å². The molecule has 0 spiro atoms. The molecule has 2 aromatic carbocycles. The number of carbonyl (C=O) groups is 2. The zero-order valence-corrected chi connectivity index (χ0v) is 22.4.